The van der Waals surface area contributed by atoms with Gasteiger partial charge in [0, 0.05) is 12.6 Å². The summed E-state index contributed by atoms with van der Waals surface area (Å²) in [4.78, 5) is 0. The molecule has 0 amide bonds. The maximum atomic E-state index is 11.8. The van der Waals surface area contributed by atoms with Crippen LogP contribution >= 0.6 is 34.8 Å². The SMILES string of the molecule is CC(NCC1CCCS1(=O)=O)c1ccc(Cl)c(Cl)c1Cl. The Kier molecular flexibility index (Phi) is 5.24. The summed E-state index contributed by atoms with van der Waals surface area (Å²) in [5.41, 5.74) is 0.816. The second kappa shape index (κ2) is 6.41. The number of benzene rings is 1. The second-order valence-electron chi connectivity index (χ2n) is 5.03. The van der Waals surface area contributed by atoms with Gasteiger partial charge < -0.3 is 5.32 Å². The quantitative estimate of drug-likeness (QED) is 0.833. The zero-order valence-electron chi connectivity index (χ0n) is 11.0. The van der Waals surface area contributed by atoms with Gasteiger partial charge in [0.05, 0.1) is 26.1 Å². The molecule has 0 radical (unpaired) electrons. The highest BCUT2D eigenvalue weighted by atomic mass is 35.5. The lowest BCUT2D eigenvalue weighted by molar-refractivity contribution is 0.538. The molecule has 0 bridgehead atoms. The molecule has 0 aliphatic carbocycles. The molecule has 0 saturated carbocycles. The Hall–Kier alpha value is -0.000000000000000167. The van der Waals surface area contributed by atoms with Crippen LogP contribution in [0.25, 0.3) is 0 Å². The number of hydrogen-bond acceptors (Lipinski definition) is 3. The fourth-order valence-corrected chi connectivity index (χ4v) is 4.87. The molecule has 1 aliphatic heterocycles. The molecule has 20 heavy (non-hydrogen) atoms. The number of rotatable bonds is 4. The van der Waals surface area contributed by atoms with E-state index < -0.39 is 9.84 Å². The molecular weight excluding hydrogens is 341 g/mol. The highest BCUT2D eigenvalue weighted by molar-refractivity contribution is 7.92. The Bertz CT molecular complexity index is 604. The van der Waals surface area contributed by atoms with Gasteiger partial charge in [0.25, 0.3) is 0 Å². The molecule has 1 N–H and O–H groups in total. The molecule has 7 heteroatoms. The smallest absolute Gasteiger partial charge is 0.154 e. The van der Waals surface area contributed by atoms with Crippen LogP contribution in [-0.4, -0.2) is 26.0 Å². The first-order chi connectivity index (χ1) is 9.33. The second-order valence-corrected chi connectivity index (χ2v) is 8.59. The maximum absolute atomic E-state index is 11.8. The van der Waals surface area contributed by atoms with Crippen LogP contribution in [0.2, 0.25) is 15.1 Å². The monoisotopic (exact) mass is 355 g/mol. The van der Waals surface area contributed by atoms with Crippen molar-refractivity contribution in [2.24, 2.45) is 0 Å². The Morgan fingerprint density at radius 1 is 1.30 bits per heavy atom. The zero-order valence-corrected chi connectivity index (χ0v) is 14.1. The van der Waals surface area contributed by atoms with Crippen LogP contribution in [-0.2, 0) is 9.84 Å². The molecule has 0 aromatic heterocycles. The normalized spacial score (nSPS) is 22.9. The van der Waals surface area contributed by atoms with E-state index in [4.69, 9.17) is 34.8 Å². The molecule has 2 atom stereocenters. The predicted molar refractivity (Wildman–Crippen MR) is 84.7 cm³/mol. The highest BCUT2D eigenvalue weighted by Crippen LogP contribution is 2.35. The van der Waals surface area contributed by atoms with Crippen molar-refractivity contribution in [1.29, 1.82) is 0 Å². The lowest BCUT2D eigenvalue weighted by Crippen LogP contribution is -2.32. The fraction of sp³-hybridized carbons (Fsp3) is 0.538. The van der Waals surface area contributed by atoms with E-state index in [1.54, 1.807) is 12.1 Å². The first-order valence-corrected chi connectivity index (χ1v) is 9.26. The number of halogens is 3. The summed E-state index contributed by atoms with van der Waals surface area (Å²) in [7, 11) is -2.93. The molecule has 1 aliphatic rings. The van der Waals surface area contributed by atoms with Crippen molar-refractivity contribution >= 4 is 44.6 Å². The van der Waals surface area contributed by atoms with Gasteiger partial charge in [-0.3, -0.25) is 0 Å². The largest absolute Gasteiger partial charge is 0.309 e. The molecule has 2 unspecified atom stereocenters. The van der Waals surface area contributed by atoms with Crippen LogP contribution in [0.1, 0.15) is 31.4 Å². The molecule has 1 aromatic carbocycles. The minimum absolute atomic E-state index is 0.0898. The minimum atomic E-state index is -2.93. The third-order valence-corrected chi connectivity index (χ3v) is 7.23. The van der Waals surface area contributed by atoms with E-state index in [1.807, 2.05) is 6.92 Å². The molecule has 0 spiro atoms. The van der Waals surface area contributed by atoms with E-state index in [2.05, 4.69) is 5.32 Å². The summed E-state index contributed by atoms with van der Waals surface area (Å²) in [6.45, 7) is 2.35. The average molecular weight is 357 g/mol. The van der Waals surface area contributed by atoms with Crippen molar-refractivity contribution < 1.29 is 8.42 Å². The number of sulfone groups is 1. The van der Waals surface area contributed by atoms with Crippen molar-refractivity contribution in [2.45, 2.75) is 31.1 Å². The summed E-state index contributed by atoms with van der Waals surface area (Å²) in [5.74, 6) is 0.293. The van der Waals surface area contributed by atoms with E-state index >= 15 is 0 Å². The average Bonchev–Trinajstić information content (AvgIpc) is 2.72. The minimum Gasteiger partial charge on any atom is -0.309 e. The Labute approximate surface area is 134 Å². The van der Waals surface area contributed by atoms with Gasteiger partial charge in [-0.25, -0.2) is 8.42 Å². The van der Waals surface area contributed by atoms with Gasteiger partial charge in [-0.15, -0.1) is 0 Å². The summed E-state index contributed by atoms with van der Waals surface area (Å²) in [6.07, 6.45) is 1.47. The molecule has 1 saturated heterocycles. The lowest BCUT2D eigenvalue weighted by atomic mass is 10.1. The molecule has 1 fully saturated rings. The third kappa shape index (κ3) is 3.42. The van der Waals surface area contributed by atoms with E-state index in [0.29, 0.717) is 27.4 Å². The summed E-state index contributed by atoms with van der Waals surface area (Å²) >= 11 is 18.1. The van der Waals surface area contributed by atoms with Crippen LogP contribution < -0.4 is 5.32 Å². The van der Waals surface area contributed by atoms with Gasteiger partial charge in [0.1, 0.15) is 0 Å². The highest BCUT2D eigenvalue weighted by Gasteiger charge is 2.31. The molecule has 2 rings (SSSR count). The Morgan fingerprint density at radius 3 is 2.60 bits per heavy atom. The zero-order chi connectivity index (χ0) is 14.9. The van der Waals surface area contributed by atoms with Crippen LogP contribution in [0.15, 0.2) is 12.1 Å². The van der Waals surface area contributed by atoms with Crippen LogP contribution in [0.4, 0.5) is 0 Å². The van der Waals surface area contributed by atoms with Gasteiger partial charge in [0.15, 0.2) is 9.84 Å². The van der Waals surface area contributed by atoms with Crippen molar-refractivity contribution in [3.8, 4) is 0 Å². The maximum Gasteiger partial charge on any atom is 0.154 e. The molecule has 1 heterocycles. The van der Waals surface area contributed by atoms with Crippen LogP contribution in [0.5, 0.6) is 0 Å². The fourth-order valence-electron chi connectivity index (χ4n) is 2.38. The Morgan fingerprint density at radius 2 is 2.00 bits per heavy atom. The molecule has 3 nitrogen and oxygen atoms in total. The van der Waals surface area contributed by atoms with Crippen molar-refractivity contribution in [3.05, 3.63) is 32.8 Å². The van der Waals surface area contributed by atoms with E-state index in [0.717, 1.165) is 18.4 Å². The van der Waals surface area contributed by atoms with Crippen LogP contribution in [0, 0.1) is 0 Å². The topological polar surface area (TPSA) is 46.2 Å². The van der Waals surface area contributed by atoms with Gasteiger partial charge in [0.2, 0.25) is 0 Å². The molecule has 1 aromatic rings. The standard InChI is InChI=1S/C13H16Cl3NO2S/c1-8(10-4-5-11(14)13(16)12(10)15)17-7-9-3-2-6-20(9,18)19/h4-5,8-9,17H,2-3,6-7H2,1H3. The van der Waals surface area contributed by atoms with E-state index in [-0.39, 0.29) is 11.3 Å². The van der Waals surface area contributed by atoms with E-state index in [1.165, 1.54) is 0 Å². The summed E-state index contributed by atoms with van der Waals surface area (Å²) in [5, 5.41) is 4.06. The summed E-state index contributed by atoms with van der Waals surface area (Å²) < 4.78 is 23.5. The van der Waals surface area contributed by atoms with Crippen molar-refractivity contribution in [2.75, 3.05) is 12.3 Å². The number of nitrogens with one attached hydrogen (secondary N) is 1. The number of hydrogen-bond donors (Lipinski definition) is 1. The predicted octanol–water partition coefficient (Wildman–Crippen LogP) is 3.87. The lowest BCUT2D eigenvalue weighted by Gasteiger charge is -2.19. The third-order valence-electron chi connectivity index (χ3n) is 3.65. The van der Waals surface area contributed by atoms with Crippen molar-refractivity contribution in [3.63, 3.8) is 0 Å². The van der Waals surface area contributed by atoms with Gasteiger partial charge >= 0.3 is 0 Å². The van der Waals surface area contributed by atoms with Gasteiger partial charge in [-0.2, -0.15) is 0 Å². The van der Waals surface area contributed by atoms with Crippen molar-refractivity contribution in [1.82, 2.24) is 5.32 Å². The molecular formula is C13H16Cl3NO2S. The molecule has 112 valence electrons. The van der Waals surface area contributed by atoms with Crippen LogP contribution in [0.3, 0.4) is 0 Å². The van der Waals surface area contributed by atoms with Gasteiger partial charge in [-0.1, -0.05) is 40.9 Å². The van der Waals surface area contributed by atoms with Gasteiger partial charge in [-0.05, 0) is 31.4 Å². The summed E-state index contributed by atoms with van der Waals surface area (Å²) in [6, 6.07) is 3.40. The Balaban J connectivity index is 2.06. The van der Waals surface area contributed by atoms with E-state index in [9.17, 15) is 8.42 Å². The first kappa shape index (κ1) is 16.4. The first-order valence-electron chi connectivity index (χ1n) is 6.41.